The summed E-state index contributed by atoms with van der Waals surface area (Å²) in [6.45, 7) is 5.28. The fourth-order valence-corrected chi connectivity index (χ4v) is 1.95. The standard InChI is InChI=1S/C10H19N3S/c1-3-5-13-7-9(6-12-13)10(11)8-14-4-2/h6-7,10H,3-5,8,11H2,1-2H3. The van der Waals surface area contributed by atoms with Crippen LogP contribution in [0.25, 0.3) is 0 Å². The lowest BCUT2D eigenvalue weighted by molar-refractivity contribution is 0.601. The first-order valence-electron chi connectivity index (χ1n) is 5.13. The van der Waals surface area contributed by atoms with Crippen molar-refractivity contribution in [3.8, 4) is 0 Å². The van der Waals surface area contributed by atoms with Crippen LogP contribution in [0, 0.1) is 0 Å². The van der Waals surface area contributed by atoms with Crippen molar-refractivity contribution in [3.63, 3.8) is 0 Å². The second kappa shape index (κ2) is 6.09. The molecule has 0 aromatic carbocycles. The Morgan fingerprint density at radius 2 is 2.36 bits per heavy atom. The molecule has 1 unspecified atom stereocenters. The van der Waals surface area contributed by atoms with Gasteiger partial charge in [0.1, 0.15) is 0 Å². The molecule has 0 bridgehead atoms. The second-order valence-corrected chi connectivity index (χ2v) is 4.62. The molecule has 1 rings (SSSR count). The van der Waals surface area contributed by atoms with E-state index in [2.05, 4.69) is 25.1 Å². The van der Waals surface area contributed by atoms with Gasteiger partial charge in [-0.1, -0.05) is 13.8 Å². The maximum Gasteiger partial charge on any atom is 0.0537 e. The van der Waals surface area contributed by atoms with Crippen LogP contribution in [0.15, 0.2) is 12.4 Å². The first-order valence-corrected chi connectivity index (χ1v) is 6.29. The minimum absolute atomic E-state index is 0.130. The van der Waals surface area contributed by atoms with E-state index >= 15 is 0 Å². The van der Waals surface area contributed by atoms with Crippen LogP contribution in [0.2, 0.25) is 0 Å². The van der Waals surface area contributed by atoms with Crippen molar-refractivity contribution in [1.82, 2.24) is 9.78 Å². The molecule has 1 atom stereocenters. The number of hydrogen-bond acceptors (Lipinski definition) is 3. The third kappa shape index (κ3) is 3.35. The zero-order valence-electron chi connectivity index (χ0n) is 8.94. The van der Waals surface area contributed by atoms with Crippen molar-refractivity contribution < 1.29 is 0 Å². The molecule has 0 saturated carbocycles. The van der Waals surface area contributed by atoms with Crippen LogP contribution in [0.5, 0.6) is 0 Å². The highest BCUT2D eigenvalue weighted by Crippen LogP contribution is 2.14. The van der Waals surface area contributed by atoms with Crippen molar-refractivity contribution in [3.05, 3.63) is 18.0 Å². The summed E-state index contributed by atoms with van der Waals surface area (Å²) < 4.78 is 1.96. The highest BCUT2D eigenvalue weighted by atomic mass is 32.2. The van der Waals surface area contributed by atoms with Crippen LogP contribution in [0.3, 0.4) is 0 Å². The van der Waals surface area contributed by atoms with E-state index in [9.17, 15) is 0 Å². The van der Waals surface area contributed by atoms with Gasteiger partial charge in [0.15, 0.2) is 0 Å². The number of aryl methyl sites for hydroxylation is 1. The molecule has 0 saturated heterocycles. The molecule has 1 aromatic rings. The van der Waals surface area contributed by atoms with Gasteiger partial charge in [-0.3, -0.25) is 4.68 Å². The molecule has 0 spiro atoms. The normalized spacial score (nSPS) is 13.1. The Balaban J connectivity index is 2.48. The van der Waals surface area contributed by atoms with Crippen LogP contribution in [-0.2, 0) is 6.54 Å². The molecule has 0 fully saturated rings. The Morgan fingerprint density at radius 1 is 1.57 bits per heavy atom. The largest absolute Gasteiger partial charge is 0.323 e. The van der Waals surface area contributed by atoms with Gasteiger partial charge in [-0.05, 0) is 12.2 Å². The summed E-state index contributed by atoms with van der Waals surface area (Å²) in [5, 5.41) is 4.26. The van der Waals surface area contributed by atoms with Crippen molar-refractivity contribution in [2.75, 3.05) is 11.5 Å². The number of hydrogen-bond donors (Lipinski definition) is 1. The van der Waals surface area contributed by atoms with E-state index in [0.717, 1.165) is 30.0 Å². The highest BCUT2D eigenvalue weighted by molar-refractivity contribution is 7.99. The second-order valence-electron chi connectivity index (χ2n) is 3.30. The molecular formula is C10H19N3S. The van der Waals surface area contributed by atoms with Gasteiger partial charge < -0.3 is 5.73 Å². The van der Waals surface area contributed by atoms with Crippen LogP contribution in [0.4, 0.5) is 0 Å². The summed E-state index contributed by atoms with van der Waals surface area (Å²) in [6, 6.07) is 0.130. The van der Waals surface area contributed by atoms with Gasteiger partial charge in [0, 0.05) is 30.1 Å². The molecule has 14 heavy (non-hydrogen) atoms. The summed E-state index contributed by atoms with van der Waals surface area (Å²) in [6.07, 6.45) is 5.06. The summed E-state index contributed by atoms with van der Waals surface area (Å²) >= 11 is 1.87. The zero-order valence-corrected chi connectivity index (χ0v) is 9.76. The molecule has 0 aliphatic rings. The molecule has 0 aliphatic heterocycles. The lowest BCUT2D eigenvalue weighted by Gasteiger charge is -2.07. The summed E-state index contributed by atoms with van der Waals surface area (Å²) in [4.78, 5) is 0. The monoisotopic (exact) mass is 213 g/mol. The number of aromatic nitrogens is 2. The van der Waals surface area contributed by atoms with E-state index < -0.39 is 0 Å². The molecule has 3 nitrogen and oxygen atoms in total. The fraction of sp³-hybridized carbons (Fsp3) is 0.700. The van der Waals surface area contributed by atoms with E-state index in [1.807, 2.05) is 22.6 Å². The molecule has 0 radical (unpaired) electrons. The lowest BCUT2D eigenvalue weighted by atomic mass is 10.2. The first kappa shape index (κ1) is 11.6. The van der Waals surface area contributed by atoms with Gasteiger partial charge in [0.2, 0.25) is 0 Å². The Hall–Kier alpha value is -0.480. The van der Waals surface area contributed by atoms with E-state index in [1.165, 1.54) is 0 Å². The summed E-state index contributed by atoms with van der Waals surface area (Å²) in [5.41, 5.74) is 7.17. The topological polar surface area (TPSA) is 43.8 Å². The molecule has 4 heteroatoms. The Labute approximate surface area is 90.1 Å². The van der Waals surface area contributed by atoms with Gasteiger partial charge >= 0.3 is 0 Å². The third-order valence-electron chi connectivity index (χ3n) is 2.04. The minimum atomic E-state index is 0.130. The molecule has 2 N–H and O–H groups in total. The molecule has 1 heterocycles. The molecule has 1 aromatic heterocycles. The Bertz CT molecular complexity index is 260. The lowest BCUT2D eigenvalue weighted by Crippen LogP contribution is -2.12. The zero-order chi connectivity index (χ0) is 10.4. The van der Waals surface area contributed by atoms with Crippen molar-refractivity contribution >= 4 is 11.8 Å². The van der Waals surface area contributed by atoms with E-state index in [-0.39, 0.29) is 6.04 Å². The van der Waals surface area contributed by atoms with E-state index in [0.29, 0.717) is 0 Å². The number of rotatable bonds is 6. The van der Waals surface area contributed by atoms with Crippen LogP contribution in [-0.4, -0.2) is 21.3 Å². The number of thioether (sulfide) groups is 1. The van der Waals surface area contributed by atoms with Crippen molar-refractivity contribution in [1.29, 1.82) is 0 Å². The first-order chi connectivity index (χ1) is 6.77. The van der Waals surface area contributed by atoms with E-state index in [4.69, 9.17) is 5.73 Å². The Morgan fingerprint density at radius 3 is 3.00 bits per heavy atom. The van der Waals surface area contributed by atoms with Gasteiger partial charge in [-0.25, -0.2) is 0 Å². The maximum atomic E-state index is 6.02. The number of nitrogens with two attached hydrogens (primary N) is 1. The molecular weight excluding hydrogens is 194 g/mol. The average molecular weight is 213 g/mol. The summed E-state index contributed by atoms with van der Waals surface area (Å²) in [5.74, 6) is 2.10. The van der Waals surface area contributed by atoms with Crippen molar-refractivity contribution in [2.45, 2.75) is 32.9 Å². The predicted molar refractivity (Wildman–Crippen MR) is 62.4 cm³/mol. The average Bonchev–Trinajstić information content (AvgIpc) is 2.63. The number of nitrogens with zero attached hydrogens (tertiary/aromatic N) is 2. The highest BCUT2D eigenvalue weighted by Gasteiger charge is 2.07. The van der Waals surface area contributed by atoms with Crippen LogP contribution < -0.4 is 5.73 Å². The smallest absolute Gasteiger partial charge is 0.0537 e. The van der Waals surface area contributed by atoms with Crippen LogP contribution >= 0.6 is 11.8 Å². The van der Waals surface area contributed by atoms with Gasteiger partial charge in [0.05, 0.1) is 6.20 Å². The van der Waals surface area contributed by atoms with Crippen LogP contribution in [0.1, 0.15) is 31.9 Å². The van der Waals surface area contributed by atoms with Gasteiger partial charge in [0.25, 0.3) is 0 Å². The van der Waals surface area contributed by atoms with E-state index in [1.54, 1.807) is 0 Å². The minimum Gasteiger partial charge on any atom is -0.323 e. The van der Waals surface area contributed by atoms with Gasteiger partial charge in [-0.15, -0.1) is 0 Å². The molecule has 80 valence electrons. The molecule has 0 aliphatic carbocycles. The third-order valence-corrected chi connectivity index (χ3v) is 3.04. The quantitative estimate of drug-likeness (QED) is 0.786. The Kier molecular flexibility index (Phi) is 5.04. The predicted octanol–water partition coefficient (Wildman–Crippen LogP) is 2.05. The summed E-state index contributed by atoms with van der Waals surface area (Å²) in [7, 11) is 0. The fourth-order valence-electron chi connectivity index (χ4n) is 1.26. The SMILES string of the molecule is CCCn1cc(C(N)CSCC)cn1. The molecule has 0 amide bonds. The van der Waals surface area contributed by atoms with Gasteiger partial charge in [-0.2, -0.15) is 16.9 Å². The van der Waals surface area contributed by atoms with Crippen molar-refractivity contribution in [2.24, 2.45) is 5.73 Å². The maximum absolute atomic E-state index is 6.02.